The van der Waals surface area contributed by atoms with Gasteiger partial charge < -0.3 is 15.5 Å². The number of hydrogen-bond acceptors (Lipinski definition) is 6. The first-order chi connectivity index (χ1) is 10.1. The van der Waals surface area contributed by atoms with E-state index < -0.39 is 0 Å². The molecule has 0 saturated heterocycles. The lowest BCUT2D eigenvalue weighted by atomic mass is 10.2. The van der Waals surface area contributed by atoms with Crippen molar-refractivity contribution in [3.8, 4) is 0 Å². The number of nitrogens with zero attached hydrogens (tertiary/aromatic N) is 4. The molecule has 2 rings (SSSR count). The molecule has 7 heteroatoms. The lowest BCUT2D eigenvalue weighted by Gasteiger charge is -2.24. The molecule has 0 spiro atoms. The van der Waals surface area contributed by atoms with Crippen molar-refractivity contribution in [2.24, 2.45) is 0 Å². The van der Waals surface area contributed by atoms with E-state index in [2.05, 4.69) is 9.97 Å². The zero-order valence-corrected chi connectivity index (χ0v) is 13.0. The molecule has 0 radical (unpaired) electrons. The second-order valence-electron chi connectivity index (χ2n) is 4.93. The average Bonchev–Trinajstić information content (AvgIpc) is 2.96. The third kappa shape index (κ3) is 4.24. The van der Waals surface area contributed by atoms with Crippen LogP contribution in [-0.2, 0) is 6.54 Å². The van der Waals surface area contributed by atoms with Gasteiger partial charge in [0.2, 0.25) is 0 Å². The number of nitrogen functional groups attached to an aromatic ring is 1. The molecule has 2 heterocycles. The van der Waals surface area contributed by atoms with Crippen LogP contribution in [0.4, 0.5) is 5.82 Å². The van der Waals surface area contributed by atoms with Crippen LogP contribution in [0.3, 0.4) is 0 Å². The van der Waals surface area contributed by atoms with Crippen LogP contribution < -0.4 is 5.73 Å². The number of anilines is 1. The van der Waals surface area contributed by atoms with Gasteiger partial charge in [-0.15, -0.1) is 11.3 Å². The summed E-state index contributed by atoms with van der Waals surface area (Å²) in [5.74, 6) is 0.0828. The third-order valence-electron chi connectivity index (χ3n) is 3.00. The van der Waals surface area contributed by atoms with Crippen LogP contribution >= 0.6 is 11.3 Å². The van der Waals surface area contributed by atoms with Gasteiger partial charge in [-0.1, -0.05) is 6.07 Å². The first-order valence-electron chi connectivity index (χ1n) is 6.60. The smallest absolute Gasteiger partial charge is 0.259 e. The van der Waals surface area contributed by atoms with E-state index >= 15 is 0 Å². The Bertz CT molecular complexity index is 585. The van der Waals surface area contributed by atoms with Crippen molar-refractivity contribution in [2.45, 2.75) is 6.54 Å². The number of hydrogen-bond donors (Lipinski definition) is 1. The van der Waals surface area contributed by atoms with Crippen molar-refractivity contribution < 1.29 is 4.79 Å². The number of likely N-dealkylation sites (N-methyl/N-ethyl adjacent to an activating group) is 1. The Morgan fingerprint density at radius 2 is 2.19 bits per heavy atom. The molecule has 0 bridgehead atoms. The van der Waals surface area contributed by atoms with E-state index in [9.17, 15) is 4.79 Å². The van der Waals surface area contributed by atoms with Gasteiger partial charge >= 0.3 is 0 Å². The lowest BCUT2D eigenvalue weighted by molar-refractivity contribution is 0.0734. The molecule has 0 aliphatic carbocycles. The van der Waals surface area contributed by atoms with Gasteiger partial charge in [0.15, 0.2) is 0 Å². The number of thiophene rings is 1. The summed E-state index contributed by atoms with van der Waals surface area (Å²) in [7, 11) is 3.96. The normalized spacial score (nSPS) is 10.8. The Labute approximate surface area is 128 Å². The quantitative estimate of drug-likeness (QED) is 0.871. The number of carbonyl (C=O) groups excluding carboxylic acids is 1. The summed E-state index contributed by atoms with van der Waals surface area (Å²) < 4.78 is 0. The molecular weight excluding hydrogens is 286 g/mol. The molecule has 0 atom stereocenters. The summed E-state index contributed by atoms with van der Waals surface area (Å²) in [6.45, 7) is 1.97. The molecule has 0 aromatic carbocycles. The van der Waals surface area contributed by atoms with Gasteiger partial charge in [0, 0.05) is 24.2 Å². The highest BCUT2D eigenvalue weighted by molar-refractivity contribution is 7.09. The Morgan fingerprint density at radius 3 is 2.81 bits per heavy atom. The van der Waals surface area contributed by atoms with E-state index in [1.165, 1.54) is 12.5 Å². The summed E-state index contributed by atoms with van der Waals surface area (Å²) in [4.78, 5) is 25.4. The second-order valence-corrected chi connectivity index (χ2v) is 5.96. The zero-order valence-electron chi connectivity index (χ0n) is 12.2. The summed E-state index contributed by atoms with van der Waals surface area (Å²) in [5, 5.41) is 2.00. The van der Waals surface area contributed by atoms with Crippen LogP contribution in [0.15, 0.2) is 30.0 Å². The van der Waals surface area contributed by atoms with Crippen LogP contribution in [-0.4, -0.2) is 52.9 Å². The maximum atomic E-state index is 12.7. The molecule has 0 fully saturated rings. The van der Waals surface area contributed by atoms with E-state index in [1.54, 1.807) is 16.2 Å². The molecular formula is C14H19N5OS. The molecule has 0 aliphatic heterocycles. The summed E-state index contributed by atoms with van der Waals surface area (Å²) in [6, 6.07) is 4.00. The Balaban J connectivity index is 2.17. The molecule has 0 unspecified atom stereocenters. The minimum Gasteiger partial charge on any atom is -0.383 e. The average molecular weight is 305 g/mol. The summed E-state index contributed by atoms with van der Waals surface area (Å²) in [6.07, 6.45) is 2.82. The first-order valence-corrected chi connectivity index (χ1v) is 7.47. The highest BCUT2D eigenvalue weighted by atomic mass is 32.1. The predicted octanol–water partition coefficient (Wildman–Crippen LogP) is 1.32. The topological polar surface area (TPSA) is 75.3 Å². The van der Waals surface area contributed by atoms with E-state index in [4.69, 9.17) is 5.73 Å². The minimum absolute atomic E-state index is 0.136. The number of carbonyl (C=O) groups is 1. The van der Waals surface area contributed by atoms with Crippen molar-refractivity contribution in [1.82, 2.24) is 19.8 Å². The molecule has 0 saturated carbocycles. The van der Waals surface area contributed by atoms with Gasteiger partial charge in [0.25, 0.3) is 5.91 Å². The number of nitrogens with two attached hydrogens (primary N) is 1. The van der Waals surface area contributed by atoms with Crippen LogP contribution in [0.2, 0.25) is 0 Å². The SMILES string of the molecule is CN(C)CCN(Cc1cccs1)C(=O)c1cncnc1N. The summed E-state index contributed by atoms with van der Waals surface area (Å²) >= 11 is 1.63. The molecule has 2 N–H and O–H groups in total. The van der Waals surface area contributed by atoms with Crippen molar-refractivity contribution in [3.05, 3.63) is 40.5 Å². The highest BCUT2D eigenvalue weighted by Gasteiger charge is 2.19. The predicted molar refractivity (Wildman–Crippen MR) is 84.1 cm³/mol. The van der Waals surface area contributed by atoms with Crippen molar-refractivity contribution >= 4 is 23.1 Å². The van der Waals surface area contributed by atoms with E-state index in [1.807, 2.05) is 36.5 Å². The first kappa shape index (κ1) is 15.4. The highest BCUT2D eigenvalue weighted by Crippen LogP contribution is 2.16. The van der Waals surface area contributed by atoms with Crippen LogP contribution in [0.1, 0.15) is 15.2 Å². The maximum Gasteiger partial charge on any atom is 0.259 e. The fourth-order valence-electron chi connectivity index (χ4n) is 1.84. The standard InChI is InChI=1S/C14H19N5OS/c1-18(2)5-6-19(9-11-4-3-7-21-11)14(20)12-8-16-10-17-13(12)15/h3-4,7-8,10H,5-6,9H2,1-2H3,(H2,15,16,17). The van der Waals surface area contributed by atoms with E-state index in [-0.39, 0.29) is 11.7 Å². The molecule has 6 nitrogen and oxygen atoms in total. The van der Waals surface area contributed by atoms with E-state index in [0.717, 1.165) is 11.4 Å². The fraction of sp³-hybridized carbons (Fsp3) is 0.357. The van der Waals surface area contributed by atoms with Crippen molar-refractivity contribution in [1.29, 1.82) is 0 Å². The van der Waals surface area contributed by atoms with Crippen LogP contribution in [0, 0.1) is 0 Å². The molecule has 0 aliphatic rings. The lowest BCUT2D eigenvalue weighted by Crippen LogP contribution is -2.36. The van der Waals surface area contributed by atoms with Gasteiger partial charge in [-0.2, -0.15) is 0 Å². The van der Waals surface area contributed by atoms with Gasteiger partial charge in [0.05, 0.1) is 6.54 Å². The molecule has 112 valence electrons. The van der Waals surface area contributed by atoms with Gasteiger partial charge in [-0.3, -0.25) is 4.79 Å². The minimum atomic E-state index is -0.136. The molecule has 2 aromatic rings. The number of rotatable bonds is 6. The van der Waals surface area contributed by atoms with Gasteiger partial charge in [-0.25, -0.2) is 9.97 Å². The van der Waals surface area contributed by atoms with Gasteiger partial charge in [0.1, 0.15) is 17.7 Å². The number of aromatic nitrogens is 2. The van der Waals surface area contributed by atoms with Gasteiger partial charge in [-0.05, 0) is 25.5 Å². The van der Waals surface area contributed by atoms with Crippen LogP contribution in [0.25, 0.3) is 0 Å². The van der Waals surface area contributed by atoms with Crippen molar-refractivity contribution in [3.63, 3.8) is 0 Å². The molecule has 21 heavy (non-hydrogen) atoms. The fourth-order valence-corrected chi connectivity index (χ4v) is 2.56. The molecule has 2 aromatic heterocycles. The Hall–Kier alpha value is -1.99. The van der Waals surface area contributed by atoms with Crippen LogP contribution in [0.5, 0.6) is 0 Å². The summed E-state index contributed by atoms with van der Waals surface area (Å²) in [5.41, 5.74) is 6.14. The van der Waals surface area contributed by atoms with Crippen molar-refractivity contribution in [2.75, 3.05) is 32.9 Å². The zero-order chi connectivity index (χ0) is 15.2. The Kier molecular flexibility index (Phi) is 5.24. The third-order valence-corrected chi connectivity index (χ3v) is 3.87. The largest absolute Gasteiger partial charge is 0.383 e. The Morgan fingerprint density at radius 1 is 1.38 bits per heavy atom. The number of amides is 1. The molecule has 1 amide bonds. The van der Waals surface area contributed by atoms with E-state index in [0.29, 0.717) is 18.7 Å². The maximum absolute atomic E-state index is 12.7. The monoisotopic (exact) mass is 305 g/mol. The second kappa shape index (κ2) is 7.14.